The first-order chi connectivity index (χ1) is 10.5. The second-order valence-electron chi connectivity index (χ2n) is 8.11. The van der Waals surface area contributed by atoms with E-state index in [-0.39, 0.29) is 5.04 Å². The van der Waals surface area contributed by atoms with Crippen LogP contribution in [0.5, 0.6) is 5.75 Å². The number of halogens is 2. The van der Waals surface area contributed by atoms with Crippen LogP contribution < -0.4 is 4.43 Å². The number of quaternary nitrogens is 1. The predicted octanol–water partition coefficient (Wildman–Crippen LogP) is 5.49. The summed E-state index contributed by atoms with van der Waals surface area (Å²) in [5.41, 5.74) is 1.30. The lowest BCUT2D eigenvalue weighted by atomic mass is 10.2. The number of nitrogens with zero attached hydrogens (tertiary/aromatic N) is 1. The van der Waals surface area contributed by atoms with Gasteiger partial charge in [-0.25, -0.2) is 0 Å². The maximum Gasteiger partial charge on any atom is 0.250 e. The molecule has 0 spiro atoms. The van der Waals surface area contributed by atoms with Gasteiger partial charge in [0.15, 0.2) is 0 Å². The van der Waals surface area contributed by atoms with Crippen LogP contribution >= 0.6 is 23.2 Å². The normalized spacial score (nSPS) is 13.2. The quantitative estimate of drug-likeness (QED) is 0.330. The van der Waals surface area contributed by atoms with E-state index in [2.05, 4.69) is 65.2 Å². The largest absolute Gasteiger partial charge is 0.544 e. The third-order valence-corrected chi connectivity index (χ3v) is 9.61. The highest BCUT2D eigenvalue weighted by Crippen LogP contribution is 2.37. The molecule has 0 atom stereocenters. The summed E-state index contributed by atoms with van der Waals surface area (Å²) < 4.78 is 7.21. The minimum atomic E-state index is -1.77. The van der Waals surface area contributed by atoms with E-state index in [0.29, 0.717) is 11.8 Å². The molecule has 1 rings (SSSR count). The summed E-state index contributed by atoms with van der Waals surface area (Å²) >= 11 is 11.9. The Kier molecular flexibility index (Phi) is 7.46. The fourth-order valence-corrected chi connectivity index (χ4v) is 4.08. The molecule has 0 amide bonds. The molecule has 0 saturated carbocycles. The number of hydrogen-bond acceptors (Lipinski definition) is 1. The molecule has 0 N–H and O–H groups in total. The van der Waals surface area contributed by atoms with E-state index < -0.39 is 8.32 Å². The highest BCUT2D eigenvalue weighted by atomic mass is 35.5. The van der Waals surface area contributed by atoms with Gasteiger partial charge >= 0.3 is 0 Å². The zero-order valence-electron chi connectivity index (χ0n) is 15.5. The molecular weight excluding hydrogens is 345 g/mol. The Morgan fingerprint density at radius 1 is 1.00 bits per heavy atom. The van der Waals surface area contributed by atoms with Gasteiger partial charge < -0.3 is 8.91 Å². The lowest BCUT2D eigenvalue weighted by Gasteiger charge is -2.36. The highest BCUT2D eigenvalue weighted by Gasteiger charge is 2.38. The molecule has 0 heterocycles. The molecule has 5 heteroatoms. The Morgan fingerprint density at radius 2 is 1.48 bits per heavy atom. The van der Waals surface area contributed by atoms with Gasteiger partial charge in [0.2, 0.25) is 8.32 Å². The Balaban J connectivity index is 2.80. The topological polar surface area (TPSA) is 9.23 Å². The number of alkyl halides is 2. The van der Waals surface area contributed by atoms with Crippen LogP contribution in [-0.4, -0.2) is 44.7 Å². The van der Waals surface area contributed by atoms with Gasteiger partial charge in [-0.05, 0) is 42.4 Å². The van der Waals surface area contributed by atoms with Crippen LogP contribution in [0.1, 0.15) is 26.3 Å². The molecule has 132 valence electrons. The molecule has 2 nitrogen and oxygen atoms in total. The van der Waals surface area contributed by atoms with Crippen LogP contribution in [-0.2, 0) is 6.54 Å². The maximum absolute atomic E-state index is 6.34. The minimum Gasteiger partial charge on any atom is -0.544 e. The summed E-state index contributed by atoms with van der Waals surface area (Å²) in [6.07, 6.45) is 0. The fourth-order valence-electron chi connectivity index (χ4n) is 2.23. The standard InChI is InChI=1S/C18H32Cl2NOSi/c1-18(2,3)23(5,6)22-17-9-7-16(8-10-17)15-21(4,13-11-19)14-12-20/h7-10H,11-15H2,1-6H3/q+1. The van der Waals surface area contributed by atoms with Crippen molar-refractivity contribution in [2.24, 2.45) is 0 Å². The van der Waals surface area contributed by atoms with Crippen molar-refractivity contribution in [3.63, 3.8) is 0 Å². The summed E-state index contributed by atoms with van der Waals surface area (Å²) in [5, 5.41) is 0.210. The van der Waals surface area contributed by atoms with Crippen molar-refractivity contribution in [3.8, 4) is 5.75 Å². The maximum atomic E-state index is 6.34. The van der Waals surface area contributed by atoms with Crippen LogP contribution in [0.4, 0.5) is 0 Å². The molecule has 0 bridgehead atoms. The van der Waals surface area contributed by atoms with Crippen LogP contribution in [0, 0.1) is 0 Å². The van der Waals surface area contributed by atoms with Gasteiger partial charge in [-0.2, -0.15) is 0 Å². The van der Waals surface area contributed by atoms with Gasteiger partial charge in [-0.1, -0.05) is 20.8 Å². The SMILES string of the molecule is CC(C)(C)[Si](C)(C)Oc1ccc(C[N+](C)(CCCl)CCCl)cc1. The minimum absolute atomic E-state index is 0.210. The zero-order valence-corrected chi connectivity index (χ0v) is 18.0. The lowest BCUT2D eigenvalue weighted by Crippen LogP contribution is -2.46. The van der Waals surface area contributed by atoms with E-state index in [1.807, 2.05) is 0 Å². The van der Waals surface area contributed by atoms with Crippen LogP contribution in [0.15, 0.2) is 24.3 Å². The predicted molar refractivity (Wildman–Crippen MR) is 105 cm³/mol. The molecule has 0 aliphatic heterocycles. The number of rotatable bonds is 8. The molecular formula is C18H32Cl2NOSi+. The highest BCUT2D eigenvalue weighted by molar-refractivity contribution is 6.74. The second kappa shape index (κ2) is 8.24. The Bertz CT molecular complexity index is 477. The van der Waals surface area contributed by atoms with E-state index in [1.165, 1.54) is 5.56 Å². The average molecular weight is 377 g/mol. The molecule has 23 heavy (non-hydrogen) atoms. The van der Waals surface area contributed by atoms with E-state index in [1.54, 1.807) is 0 Å². The van der Waals surface area contributed by atoms with Crippen molar-refractivity contribution in [1.82, 2.24) is 0 Å². The molecule has 0 aliphatic carbocycles. The first kappa shape index (κ1) is 20.8. The molecule has 1 aromatic rings. The monoisotopic (exact) mass is 376 g/mol. The number of hydrogen-bond donors (Lipinski definition) is 0. The van der Waals surface area contributed by atoms with Gasteiger partial charge in [0.05, 0.1) is 31.9 Å². The second-order valence-corrected chi connectivity index (χ2v) is 13.6. The van der Waals surface area contributed by atoms with Crippen molar-refractivity contribution in [2.45, 2.75) is 45.4 Å². The smallest absolute Gasteiger partial charge is 0.250 e. The first-order valence-corrected chi connectivity index (χ1v) is 12.2. The van der Waals surface area contributed by atoms with Crippen molar-refractivity contribution in [2.75, 3.05) is 31.9 Å². The number of benzene rings is 1. The Labute approximate surface area is 153 Å². The van der Waals surface area contributed by atoms with Gasteiger partial charge in [0, 0.05) is 5.56 Å². The van der Waals surface area contributed by atoms with Crippen molar-refractivity contribution in [3.05, 3.63) is 29.8 Å². The molecule has 0 unspecified atom stereocenters. The first-order valence-electron chi connectivity index (χ1n) is 8.26. The van der Waals surface area contributed by atoms with Gasteiger partial charge in [-0.15, -0.1) is 23.2 Å². The van der Waals surface area contributed by atoms with E-state index >= 15 is 0 Å². The van der Waals surface area contributed by atoms with E-state index in [0.717, 1.165) is 29.9 Å². The third kappa shape index (κ3) is 6.30. The van der Waals surface area contributed by atoms with Crippen molar-refractivity contribution < 1.29 is 8.91 Å². The van der Waals surface area contributed by atoms with Crippen LogP contribution in [0.25, 0.3) is 0 Å². The van der Waals surface area contributed by atoms with Crippen molar-refractivity contribution in [1.29, 1.82) is 0 Å². The van der Waals surface area contributed by atoms with Gasteiger partial charge in [0.1, 0.15) is 12.3 Å². The van der Waals surface area contributed by atoms with Crippen LogP contribution in [0.2, 0.25) is 18.1 Å². The summed E-state index contributed by atoms with van der Waals surface area (Å²) in [5.74, 6) is 2.28. The fraction of sp³-hybridized carbons (Fsp3) is 0.667. The summed E-state index contributed by atoms with van der Waals surface area (Å²) in [6.45, 7) is 14.1. The van der Waals surface area contributed by atoms with E-state index in [9.17, 15) is 0 Å². The summed E-state index contributed by atoms with van der Waals surface area (Å²) in [4.78, 5) is 0. The zero-order chi connectivity index (χ0) is 17.7. The Hall–Kier alpha value is -0.223. The molecule has 0 aliphatic rings. The Morgan fingerprint density at radius 3 is 1.87 bits per heavy atom. The molecule has 1 aromatic carbocycles. The third-order valence-electron chi connectivity index (χ3n) is 4.92. The van der Waals surface area contributed by atoms with Gasteiger partial charge in [0.25, 0.3) is 0 Å². The van der Waals surface area contributed by atoms with Crippen LogP contribution in [0.3, 0.4) is 0 Å². The van der Waals surface area contributed by atoms with E-state index in [4.69, 9.17) is 27.6 Å². The summed E-state index contributed by atoms with van der Waals surface area (Å²) in [7, 11) is 0.439. The van der Waals surface area contributed by atoms with Gasteiger partial charge in [-0.3, -0.25) is 0 Å². The average Bonchev–Trinajstić information content (AvgIpc) is 2.40. The lowest BCUT2D eigenvalue weighted by molar-refractivity contribution is -0.918. The van der Waals surface area contributed by atoms with Crippen molar-refractivity contribution >= 4 is 31.5 Å². The molecule has 0 radical (unpaired) electrons. The summed E-state index contributed by atoms with van der Waals surface area (Å²) in [6, 6.07) is 8.53. The molecule has 0 aromatic heterocycles. The molecule has 0 fully saturated rings. The molecule has 0 saturated heterocycles.